The molecule has 26 heavy (non-hydrogen) atoms. The number of benzene rings is 2. The first kappa shape index (κ1) is 17.5. The Hall–Kier alpha value is -3.37. The van der Waals surface area contributed by atoms with Crippen LogP contribution < -0.4 is 5.69 Å². The lowest BCUT2D eigenvalue weighted by atomic mass is 10.1. The molecule has 0 radical (unpaired) electrons. The predicted molar refractivity (Wildman–Crippen MR) is 98.0 cm³/mol. The second kappa shape index (κ2) is 7.68. The molecule has 0 fully saturated rings. The van der Waals surface area contributed by atoms with Gasteiger partial charge in [0.05, 0.1) is 11.3 Å². The van der Waals surface area contributed by atoms with Crippen molar-refractivity contribution in [3.8, 4) is 17.3 Å². The lowest BCUT2D eigenvalue weighted by Gasteiger charge is -2.08. The van der Waals surface area contributed by atoms with E-state index in [4.69, 9.17) is 5.11 Å². The number of hydrogen-bond acceptors (Lipinski definition) is 5. The molecule has 1 heterocycles. The third-order valence-electron chi connectivity index (χ3n) is 3.62. The van der Waals surface area contributed by atoms with Crippen molar-refractivity contribution in [1.29, 1.82) is 5.26 Å². The first-order valence-electron chi connectivity index (χ1n) is 7.63. The molecule has 0 atom stereocenters. The fraction of sp³-hybridized carbons (Fsp3) is 0.0526. The third-order valence-corrected chi connectivity index (χ3v) is 4.67. The number of aromatic nitrogens is 2. The first-order valence-corrected chi connectivity index (χ1v) is 8.62. The fourth-order valence-electron chi connectivity index (χ4n) is 2.43. The van der Waals surface area contributed by atoms with Crippen LogP contribution in [0.15, 0.2) is 64.4 Å². The second-order valence-electron chi connectivity index (χ2n) is 5.37. The van der Waals surface area contributed by atoms with E-state index in [0.717, 1.165) is 11.1 Å². The third kappa shape index (κ3) is 3.82. The highest BCUT2D eigenvalue weighted by molar-refractivity contribution is 7.98. The van der Waals surface area contributed by atoms with Crippen molar-refractivity contribution in [3.05, 3.63) is 81.8 Å². The number of rotatable bonds is 5. The summed E-state index contributed by atoms with van der Waals surface area (Å²) in [7, 11) is 0. The number of carboxylic acids is 1. The molecule has 0 aliphatic heterocycles. The summed E-state index contributed by atoms with van der Waals surface area (Å²) in [6.07, 6.45) is 0. The Balaban J connectivity index is 1.95. The Morgan fingerprint density at radius 3 is 2.65 bits per heavy atom. The lowest BCUT2D eigenvalue weighted by molar-refractivity contribution is 0.0697. The summed E-state index contributed by atoms with van der Waals surface area (Å²) in [5.41, 5.74) is 1.85. The van der Waals surface area contributed by atoms with E-state index in [0.29, 0.717) is 16.5 Å². The van der Waals surface area contributed by atoms with Crippen molar-refractivity contribution < 1.29 is 9.90 Å². The van der Waals surface area contributed by atoms with E-state index in [9.17, 15) is 14.9 Å². The quantitative estimate of drug-likeness (QED) is 0.532. The molecule has 7 heteroatoms. The number of carbonyl (C=O) groups is 1. The van der Waals surface area contributed by atoms with Crippen LogP contribution in [0.1, 0.15) is 21.5 Å². The summed E-state index contributed by atoms with van der Waals surface area (Å²) in [5, 5.41) is 18.9. The van der Waals surface area contributed by atoms with Gasteiger partial charge in [-0.1, -0.05) is 42.5 Å². The van der Waals surface area contributed by atoms with Gasteiger partial charge >= 0.3 is 11.7 Å². The minimum absolute atomic E-state index is 0.187. The molecule has 3 aromatic rings. The molecule has 3 rings (SSSR count). The molecule has 0 spiro atoms. The number of H-pyrrole nitrogens is 1. The van der Waals surface area contributed by atoms with E-state index in [1.165, 1.54) is 17.8 Å². The van der Waals surface area contributed by atoms with Gasteiger partial charge in [0.25, 0.3) is 0 Å². The van der Waals surface area contributed by atoms with E-state index < -0.39 is 11.7 Å². The van der Waals surface area contributed by atoms with Gasteiger partial charge in [0, 0.05) is 5.75 Å². The van der Waals surface area contributed by atoms with Gasteiger partial charge in [-0.25, -0.2) is 9.59 Å². The van der Waals surface area contributed by atoms with Gasteiger partial charge in [-0.05, 0) is 23.3 Å². The van der Waals surface area contributed by atoms with Crippen molar-refractivity contribution >= 4 is 17.7 Å². The highest BCUT2D eigenvalue weighted by Gasteiger charge is 2.14. The summed E-state index contributed by atoms with van der Waals surface area (Å²) < 4.78 is 0. The normalized spacial score (nSPS) is 10.3. The van der Waals surface area contributed by atoms with Crippen LogP contribution >= 0.6 is 11.8 Å². The average molecular weight is 363 g/mol. The predicted octanol–water partition coefficient (Wildman–Crippen LogP) is 3.30. The van der Waals surface area contributed by atoms with E-state index in [1.807, 2.05) is 18.2 Å². The Morgan fingerprint density at radius 2 is 1.96 bits per heavy atom. The van der Waals surface area contributed by atoms with Crippen LogP contribution in [0.4, 0.5) is 0 Å². The van der Waals surface area contributed by atoms with Crippen LogP contribution in [0.25, 0.3) is 11.3 Å². The number of nitriles is 1. The maximum atomic E-state index is 11.9. The summed E-state index contributed by atoms with van der Waals surface area (Å²) in [4.78, 5) is 29.5. The summed E-state index contributed by atoms with van der Waals surface area (Å²) in [6.45, 7) is 0. The number of nitrogens with one attached hydrogen (secondary N) is 1. The minimum atomic E-state index is -1.00. The van der Waals surface area contributed by atoms with Gasteiger partial charge in [0.2, 0.25) is 0 Å². The van der Waals surface area contributed by atoms with Crippen molar-refractivity contribution in [3.63, 3.8) is 0 Å². The van der Waals surface area contributed by atoms with E-state index >= 15 is 0 Å². The second-order valence-corrected chi connectivity index (χ2v) is 6.33. The van der Waals surface area contributed by atoms with Crippen molar-refractivity contribution in [2.24, 2.45) is 0 Å². The minimum Gasteiger partial charge on any atom is -0.478 e. The largest absolute Gasteiger partial charge is 0.478 e. The van der Waals surface area contributed by atoms with Crippen LogP contribution in [0, 0.1) is 11.3 Å². The molecule has 0 amide bonds. The summed E-state index contributed by atoms with van der Waals surface area (Å²) >= 11 is 1.22. The fourth-order valence-corrected chi connectivity index (χ4v) is 3.35. The van der Waals surface area contributed by atoms with Crippen molar-refractivity contribution in [1.82, 2.24) is 9.97 Å². The average Bonchev–Trinajstić information content (AvgIpc) is 2.66. The molecule has 6 nitrogen and oxygen atoms in total. The van der Waals surface area contributed by atoms with E-state index in [2.05, 4.69) is 16.0 Å². The maximum absolute atomic E-state index is 11.9. The van der Waals surface area contributed by atoms with Gasteiger partial charge in [-0.3, -0.25) is 0 Å². The highest BCUT2D eigenvalue weighted by atomic mass is 32.2. The maximum Gasteiger partial charge on any atom is 0.346 e. The Kier molecular flexibility index (Phi) is 5.15. The molecule has 2 N–H and O–H groups in total. The highest BCUT2D eigenvalue weighted by Crippen LogP contribution is 2.29. The van der Waals surface area contributed by atoms with Gasteiger partial charge in [0.1, 0.15) is 16.7 Å². The topological polar surface area (TPSA) is 107 Å². The summed E-state index contributed by atoms with van der Waals surface area (Å²) in [5.74, 6) is -0.615. The van der Waals surface area contributed by atoms with Crippen LogP contribution in [0.3, 0.4) is 0 Å². The van der Waals surface area contributed by atoms with Crippen LogP contribution in [-0.4, -0.2) is 21.0 Å². The summed E-state index contributed by atoms with van der Waals surface area (Å²) in [6, 6.07) is 17.7. The molecule has 1 aromatic heterocycles. The van der Waals surface area contributed by atoms with Crippen LogP contribution in [0.2, 0.25) is 0 Å². The molecule has 0 aliphatic carbocycles. The van der Waals surface area contributed by atoms with Crippen molar-refractivity contribution in [2.45, 2.75) is 10.8 Å². The molecule has 2 aromatic carbocycles. The monoisotopic (exact) mass is 363 g/mol. The van der Waals surface area contributed by atoms with Gasteiger partial charge in [0.15, 0.2) is 0 Å². The molecule has 0 unspecified atom stereocenters. The number of thioether (sulfide) groups is 1. The number of aromatic amines is 1. The van der Waals surface area contributed by atoms with Crippen LogP contribution in [0.5, 0.6) is 0 Å². The van der Waals surface area contributed by atoms with Crippen LogP contribution in [-0.2, 0) is 5.75 Å². The molecule has 128 valence electrons. The van der Waals surface area contributed by atoms with Gasteiger partial charge in [-0.2, -0.15) is 10.2 Å². The molecular weight excluding hydrogens is 350 g/mol. The van der Waals surface area contributed by atoms with E-state index in [-0.39, 0.29) is 11.1 Å². The standard InChI is InChI=1S/C19H13N3O3S/c20-10-15-16(13-6-2-1-3-7-13)21-19(25)22-17(15)26-11-12-5-4-8-14(9-12)18(23)24/h1-9H,11H2,(H,23,24)(H,21,22,25). The molecule has 0 saturated heterocycles. The smallest absolute Gasteiger partial charge is 0.346 e. The zero-order valence-electron chi connectivity index (χ0n) is 13.5. The molecular formula is C19H13N3O3S. The van der Waals surface area contributed by atoms with Crippen molar-refractivity contribution in [2.75, 3.05) is 0 Å². The molecule has 0 bridgehead atoms. The Bertz CT molecular complexity index is 1060. The lowest BCUT2D eigenvalue weighted by Crippen LogP contribution is -2.14. The Morgan fingerprint density at radius 1 is 1.19 bits per heavy atom. The van der Waals surface area contributed by atoms with E-state index in [1.54, 1.807) is 30.3 Å². The zero-order valence-corrected chi connectivity index (χ0v) is 14.3. The Labute approximate surface area is 153 Å². The van der Waals surface area contributed by atoms with Gasteiger partial charge in [-0.15, -0.1) is 11.8 Å². The zero-order chi connectivity index (χ0) is 18.5. The number of hydrogen-bond donors (Lipinski definition) is 2. The molecule has 0 aliphatic rings. The first-order chi connectivity index (χ1) is 12.6. The number of carboxylic acid groups (broad SMARTS) is 1. The number of aromatic carboxylic acids is 1. The van der Waals surface area contributed by atoms with Gasteiger partial charge < -0.3 is 10.1 Å². The molecule has 0 saturated carbocycles. The number of nitrogens with zero attached hydrogens (tertiary/aromatic N) is 2. The SMILES string of the molecule is N#Cc1c(SCc2cccc(C(=O)O)c2)nc(=O)[nH]c1-c1ccccc1.